The molecule has 5 nitrogen and oxygen atoms in total. The monoisotopic (exact) mass is 411 g/mol. The van der Waals surface area contributed by atoms with Gasteiger partial charge in [0.05, 0.1) is 11.3 Å². The quantitative estimate of drug-likeness (QED) is 0.557. The maximum Gasteiger partial charge on any atom is 0.411 e. The van der Waals surface area contributed by atoms with Gasteiger partial charge in [-0.05, 0) is 47.7 Å². The topological polar surface area (TPSA) is 64.6 Å². The van der Waals surface area contributed by atoms with E-state index >= 15 is 0 Å². The van der Waals surface area contributed by atoms with E-state index in [4.69, 9.17) is 9.47 Å². The van der Waals surface area contributed by atoms with E-state index < -0.39 is 23.7 Å². The Morgan fingerprint density at radius 2 is 1.70 bits per heavy atom. The first-order valence-corrected chi connectivity index (χ1v) is 9.61. The number of hydrogen-bond acceptors (Lipinski definition) is 4. The summed E-state index contributed by atoms with van der Waals surface area (Å²) in [5.74, 6) is -3.21. The van der Waals surface area contributed by atoms with E-state index in [1.807, 2.05) is 42.5 Å². The van der Waals surface area contributed by atoms with Gasteiger partial charge in [0.2, 0.25) is 0 Å². The van der Waals surface area contributed by atoms with Crippen LogP contribution >= 0.6 is 0 Å². The highest BCUT2D eigenvalue weighted by Crippen LogP contribution is 2.27. The molecule has 4 rings (SSSR count). The average Bonchev–Trinajstić information content (AvgIpc) is 2.71. The standard InChI is InChI=1S/C23H19F2NO4/c24-19-11-18(22(27)30-17-6-3-7-17)21(12-20(19)25)26-23(28)29-13-14-8-9-15-4-1-2-5-16(15)10-14/h1-2,4-5,8-12,17H,3,6-7,13H2,(H,26,28). The van der Waals surface area contributed by atoms with Gasteiger partial charge in [-0.2, -0.15) is 0 Å². The molecule has 1 saturated carbocycles. The maximum atomic E-state index is 13.7. The molecule has 154 valence electrons. The van der Waals surface area contributed by atoms with Crippen LogP contribution in [-0.2, 0) is 16.1 Å². The Bertz CT molecular complexity index is 1110. The van der Waals surface area contributed by atoms with Gasteiger partial charge in [-0.15, -0.1) is 0 Å². The molecule has 0 atom stereocenters. The molecule has 7 heteroatoms. The minimum atomic E-state index is -1.20. The Hall–Kier alpha value is -3.48. The highest BCUT2D eigenvalue weighted by molar-refractivity contribution is 5.99. The van der Waals surface area contributed by atoms with Gasteiger partial charge >= 0.3 is 12.1 Å². The van der Waals surface area contributed by atoms with Crippen LogP contribution in [-0.4, -0.2) is 18.2 Å². The minimum Gasteiger partial charge on any atom is -0.459 e. The van der Waals surface area contributed by atoms with Crippen molar-refractivity contribution >= 4 is 28.5 Å². The number of carbonyl (C=O) groups is 2. The fraction of sp³-hybridized carbons (Fsp3) is 0.217. The average molecular weight is 411 g/mol. The molecule has 0 aliphatic heterocycles. The number of benzene rings is 3. The summed E-state index contributed by atoms with van der Waals surface area (Å²) >= 11 is 0. The van der Waals surface area contributed by atoms with Crippen LogP contribution in [0.2, 0.25) is 0 Å². The number of halogens is 2. The predicted octanol–water partition coefficient (Wildman–Crippen LogP) is 5.58. The molecule has 1 aliphatic rings. The van der Waals surface area contributed by atoms with Crippen molar-refractivity contribution in [3.63, 3.8) is 0 Å². The molecule has 3 aromatic carbocycles. The SMILES string of the molecule is O=C(Nc1cc(F)c(F)cc1C(=O)OC1CCC1)OCc1ccc2ccccc2c1. The van der Waals surface area contributed by atoms with Crippen molar-refractivity contribution in [2.24, 2.45) is 0 Å². The highest BCUT2D eigenvalue weighted by atomic mass is 19.2. The highest BCUT2D eigenvalue weighted by Gasteiger charge is 2.25. The van der Waals surface area contributed by atoms with E-state index in [1.54, 1.807) is 0 Å². The van der Waals surface area contributed by atoms with E-state index in [2.05, 4.69) is 5.32 Å². The summed E-state index contributed by atoms with van der Waals surface area (Å²) in [5, 5.41) is 4.37. The zero-order chi connectivity index (χ0) is 21.1. The molecule has 0 bridgehead atoms. The third-order valence-corrected chi connectivity index (χ3v) is 5.03. The lowest BCUT2D eigenvalue weighted by Crippen LogP contribution is -2.26. The van der Waals surface area contributed by atoms with Gasteiger partial charge < -0.3 is 9.47 Å². The summed E-state index contributed by atoms with van der Waals surface area (Å²) in [6.07, 6.45) is 1.27. The number of rotatable bonds is 5. The van der Waals surface area contributed by atoms with Gasteiger partial charge in [-0.25, -0.2) is 18.4 Å². The van der Waals surface area contributed by atoms with Crippen molar-refractivity contribution < 1.29 is 27.8 Å². The maximum absolute atomic E-state index is 13.7. The van der Waals surface area contributed by atoms with Crippen LogP contribution in [0.4, 0.5) is 19.3 Å². The van der Waals surface area contributed by atoms with Gasteiger partial charge in [0.15, 0.2) is 11.6 Å². The number of anilines is 1. The third kappa shape index (κ3) is 4.40. The second-order valence-electron chi connectivity index (χ2n) is 7.15. The first-order chi connectivity index (χ1) is 14.5. The lowest BCUT2D eigenvalue weighted by molar-refractivity contribution is 0.00907. The first kappa shape index (κ1) is 19.8. The molecule has 1 amide bonds. The molecule has 0 saturated heterocycles. The minimum absolute atomic E-state index is 0.0256. The van der Waals surface area contributed by atoms with Gasteiger partial charge in [0.25, 0.3) is 0 Å². The summed E-state index contributed by atoms with van der Waals surface area (Å²) in [6, 6.07) is 14.8. The van der Waals surface area contributed by atoms with Crippen molar-refractivity contribution in [2.45, 2.75) is 32.0 Å². The van der Waals surface area contributed by atoms with Crippen LogP contribution in [0.25, 0.3) is 10.8 Å². The molecule has 3 aromatic rings. The fourth-order valence-corrected chi connectivity index (χ4v) is 3.15. The molecule has 0 heterocycles. The van der Waals surface area contributed by atoms with E-state index in [9.17, 15) is 18.4 Å². The van der Waals surface area contributed by atoms with E-state index in [1.165, 1.54) is 0 Å². The lowest BCUT2D eigenvalue weighted by atomic mass is 9.96. The van der Waals surface area contributed by atoms with Crippen LogP contribution < -0.4 is 5.32 Å². The number of ether oxygens (including phenoxy) is 2. The van der Waals surface area contributed by atoms with Crippen LogP contribution in [0.15, 0.2) is 54.6 Å². The molecular weight excluding hydrogens is 392 g/mol. The van der Waals surface area contributed by atoms with E-state index in [-0.39, 0.29) is 24.0 Å². The molecule has 30 heavy (non-hydrogen) atoms. The Balaban J connectivity index is 1.44. The molecule has 0 radical (unpaired) electrons. The van der Waals surface area contributed by atoms with E-state index in [0.29, 0.717) is 0 Å². The van der Waals surface area contributed by atoms with Crippen LogP contribution in [0, 0.1) is 11.6 Å². The van der Waals surface area contributed by atoms with Crippen molar-refractivity contribution in [2.75, 3.05) is 5.32 Å². The fourth-order valence-electron chi connectivity index (χ4n) is 3.15. The van der Waals surface area contributed by atoms with Gasteiger partial charge in [0.1, 0.15) is 12.7 Å². The van der Waals surface area contributed by atoms with Crippen molar-refractivity contribution in [3.8, 4) is 0 Å². The molecule has 0 unspecified atom stereocenters. The number of carbonyl (C=O) groups excluding carboxylic acids is 2. The molecule has 0 spiro atoms. The number of fused-ring (bicyclic) bond motifs is 1. The van der Waals surface area contributed by atoms with Crippen LogP contribution in [0.3, 0.4) is 0 Å². The number of esters is 1. The van der Waals surface area contributed by atoms with Crippen molar-refractivity contribution in [1.29, 1.82) is 0 Å². The predicted molar refractivity (Wildman–Crippen MR) is 107 cm³/mol. The summed E-state index contributed by atoms with van der Waals surface area (Å²) in [5.41, 5.74) is 0.295. The second-order valence-corrected chi connectivity index (χ2v) is 7.15. The Kier molecular flexibility index (Phi) is 5.61. The van der Waals surface area contributed by atoms with Gasteiger partial charge in [-0.3, -0.25) is 5.32 Å². The third-order valence-electron chi connectivity index (χ3n) is 5.03. The Morgan fingerprint density at radius 3 is 2.43 bits per heavy atom. The normalized spacial score (nSPS) is 13.5. The van der Waals surface area contributed by atoms with Gasteiger partial charge in [0, 0.05) is 6.07 Å². The first-order valence-electron chi connectivity index (χ1n) is 9.61. The van der Waals surface area contributed by atoms with Crippen LogP contribution in [0.1, 0.15) is 35.2 Å². The van der Waals surface area contributed by atoms with E-state index in [0.717, 1.165) is 47.7 Å². The Morgan fingerprint density at radius 1 is 0.967 bits per heavy atom. The summed E-state index contributed by atoms with van der Waals surface area (Å²) < 4.78 is 37.8. The number of amides is 1. The second kappa shape index (κ2) is 8.49. The summed E-state index contributed by atoms with van der Waals surface area (Å²) in [4.78, 5) is 24.5. The summed E-state index contributed by atoms with van der Waals surface area (Å²) in [6.45, 7) is -0.0256. The van der Waals surface area contributed by atoms with Crippen molar-refractivity contribution in [1.82, 2.24) is 0 Å². The zero-order valence-corrected chi connectivity index (χ0v) is 16.0. The molecular formula is C23H19F2NO4. The van der Waals surface area contributed by atoms with Gasteiger partial charge in [-0.1, -0.05) is 36.4 Å². The van der Waals surface area contributed by atoms with Crippen LogP contribution in [0.5, 0.6) is 0 Å². The number of nitrogens with one attached hydrogen (secondary N) is 1. The molecule has 1 N–H and O–H groups in total. The van der Waals surface area contributed by atoms with Crippen molar-refractivity contribution in [3.05, 3.63) is 77.4 Å². The molecule has 1 fully saturated rings. The number of hydrogen-bond donors (Lipinski definition) is 1. The molecule has 1 aliphatic carbocycles. The zero-order valence-electron chi connectivity index (χ0n) is 16.0. The smallest absolute Gasteiger partial charge is 0.411 e. The lowest BCUT2D eigenvalue weighted by Gasteiger charge is -2.25. The molecule has 0 aromatic heterocycles. The summed E-state index contributed by atoms with van der Waals surface area (Å²) in [7, 11) is 0. The Labute approximate surface area is 171 Å². The largest absolute Gasteiger partial charge is 0.459 e.